The van der Waals surface area contributed by atoms with E-state index in [9.17, 15) is 4.79 Å². The molecule has 0 aliphatic heterocycles. The maximum Gasteiger partial charge on any atom is 0.223 e. The van der Waals surface area contributed by atoms with Gasteiger partial charge in [-0.1, -0.05) is 6.92 Å². The SMILES string of the molecule is CC1CC(C(=O)NC2CCC(N)C2)C1. The Balaban J connectivity index is 1.72. The molecule has 2 aliphatic rings. The summed E-state index contributed by atoms with van der Waals surface area (Å²) in [5.41, 5.74) is 5.79. The Hall–Kier alpha value is -0.570. The molecule has 0 radical (unpaired) electrons. The van der Waals surface area contributed by atoms with Gasteiger partial charge in [0.25, 0.3) is 0 Å². The second-order valence-corrected chi connectivity index (χ2v) is 5.05. The van der Waals surface area contributed by atoms with Crippen molar-refractivity contribution in [2.75, 3.05) is 0 Å². The second kappa shape index (κ2) is 3.89. The maximum atomic E-state index is 11.7. The summed E-state index contributed by atoms with van der Waals surface area (Å²) in [7, 11) is 0. The molecule has 2 aliphatic carbocycles. The molecule has 0 bridgehead atoms. The fourth-order valence-electron chi connectivity index (χ4n) is 2.58. The van der Waals surface area contributed by atoms with Crippen LogP contribution in [-0.4, -0.2) is 18.0 Å². The van der Waals surface area contributed by atoms with Crippen molar-refractivity contribution in [3.63, 3.8) is 0 Å². The van der Waals surface area contributed by atoms with Gasteiger partial charge in [-0.25, -0.2) is 0 Å². The molecule has 2 unspecified atom stereocenters. The smallest absolute Gasteiger partial charge is 0.223 e. The Labute approximate surface area is 85.4 Å². The number of hydrogen-bond acceptors (Lipinski definition) is 2. The van der Waals surface area contributed by atoms with Crippen LogP contribution in [0.3, 0.4) is 0 Å². The Morgan fingerprint density at radius 2 is 2.00 bits per heavy atom. The number of amides is 1. The average Bonchev–Trinajstić information content (AvgIpc) is 2.45. The Bertz CT molecular complexity index is 223. The molecule has 3 N–H and O–H groups in total. The zero-order valence-corrected chi connectivity index (χ0v) is 8.83. The first kappa shape index (κ1) is 9.97. The highest BCUT2D eigenvalue weighted by Gasteiger charge is 2.33. The van der Waals surface area contributed by atoms with Crippen LogP contribution in [0.15, 0.2) is 0 Å². The molecule has 0 spiro atoms. The number of hydrogen-bond donors (Lipinski definition) is 2. The van der Waals surface area contributed by atoms with Gasteiger partial charge >= 0.3 is 0 Å². The van der Waals surface area contributed by atoms with E-state index in [0.29, 0.717) is 18.0 Å². The predicted octanol–water partition coefficient (Wildman–Crippen LogP) is 1.03. The van der Waals surface area contributed by atoms with Crippen LogP contribution < -0.4 is 11.1 Å². The van der Waals surface area contributed by atoms with Crippen LogP contribution in [-0.2, 0) is 4.79 Å². The number of nitrogens with one attached hydrogen (secondary N) is 1. The number of rotatable bonds is 2. The van der Waals surface area contributed by atoms with E-state index in [1.54, 1.807) is 0 Å². The van der Waals surface area contributed by atoms with Crippen molar-refractivity contribution in [2.24, 2.45) is 17.6 Å². The van der Waals surface area contributed by atoms with Crippen LogP contribution in [0.2, 0.25) is 0 Å². The fourth-order valence-corrected chi connectivity index (χ4v) is 2.58. The van der Waals surface area contributed by atoms with Crippen molar-refractivity contribution in [2.45, 2.75) is 51.1 Å². The standard InChI is InChI=1S/C11H20N2O/c1-7-4-8(5-7)11(14)13-10-3-2-9(12)6-10/h7-10H,2-6,12H2,1H3,(H,13,14). The molecule has 14 heavy (non-hydrogen) atoms. The van der Waals surface area contributed by atoms with Gasteiger partial charge in [0.2, 0.25) is 5.91 Å². The van der Waals surface area contributed by atoms with Gasteiger partial charge in [-0.05, 0) is 38.0 Å². The molecule has 3 nitrogen and oxygen atoms in total. The summed E-state index contributed by atoms with van der Waals surface area (Å²) >= 11 is 0. The van der Waals surface area contributed by atoms with Crippen LogP contribution in [0.5, 0.6) is 0 Å². The van der Waals surface area contributed by atoms with Crippen LogP contribution in [0.4, 0.5) is 0 Å². The first-order chi connectivity index (χ1) is 6.65. The van der Waals surface area contributed by atoms with Gasteiger partial charge in [0.05, 0.1) is 0 Å². The van der Waals surface area contributed by atoms with Gasteiger partial charge in [-0.2, -0.15) is 0 Å². The molecule has 0 aromatic heterocycles. The third-order valence-electron chi connectivity index (χ3n) is 3.56. The Kier molecular flexibility index (Phi) is 2.77. The van der Waals surface area contributed by atoms with Gasteiger partial charge in [-0.15, -0.1) is 0 Å². The molecule has 80 valence electrons. The molecule has 2 atom stereocenters. The van der Waals surface area contributed by atoms with E-state index in [-0.39, 0.29) is 5.91 Å². The van der Waals surface area contributed by atoms with Gasteiger partial charge in [-0.3, -0.25) is 4.79 Å². The number of carbonyl (C=O) groups is 1. The van der Waals surface area contributed by atoms with Crippen molar-refractivity contribution in [3.05, 3.63) is 0 Å². The van der Waals surface area contributed by atoms with E-state index in [0.717, 1.165) is 38.0 Å². The third-order valence-corrected chi connectivity index (χ3v) is 3.56. The molecule has 2 fully saturated rings. The van der Waals surface area contributed by atoms with Crippen molar-refractivity contribution < 1.29 is 4.79 Å². The minimum absolute atomic E-state index is 0.266. The summed E-state index contributed by atoms with van der Waals surface area (Å²) < 4.78 is 0. The monoisotopic (exact) mass is 196 g/mol. The predicted molar refractivity (Wildman–Crippen MR) is 55.6 cm³/mol. The van der Waals surface area contributed by atoms with Crippen molar-refractivity contribution in [1.29, 1.82) is 0 Å². The third kappa shape index (κ3) is 2.08. The summed E-state index contributed by atoms with van der Waals surface area (Å²) in [6, 6.07) is 0.661. The zero-order chi connectivity index (χ0) is 10.1. The van der Waals surface area contributed by atoms with E-state index >= 15 is 0 Å². The van der Waals surface area contributed by atoms with Crippen molar-refractivity contribution in [1.82, 2.24) is 5.32 Å². The topological polar surface area (TPSA) is 55.1 Å². The molecule has 0 saturated heterocycles. The van der Waals surface area contributed by atoms with Gasteiger partial charge in [0.15, 0.2) is 0 Å². The van der Waals surface area contributed by atoms with Crippen molar-refractivity contribution in [3.8, 4) is 0 Å². The van der Waals surface area contributed by atoms with E-state index < -0.39 is 0 Å². The quantitative estimate of drug-likeness (QED) is 0.693. The maximum absolute atomic E-state index is 11.7. The van der Waals surface area contributed by atoms with Crippen LogP contribution in [0.1, 0.15) is 39.0 Å². The van der Waals surface area contributed by atoms with E-state index in [1.165, 1.54) is 0 Å². The fraction of sp³-hybridized carbons (Fsp3) is 0.909. The lowest BCUT2D eigenvalue weighted by Crippen LogP contribution is -2.42. The molecule has 0 aromatic carbocycles. The summed E-state index contributed by atoms with van der Waals surface area (Å²) in [4.78, 5) is 11.7. The summed E-state index contributed by atoms with van der Waals surface area (Å²) in [6.45, 7) is 2.20. The normalized spacial score (nSPS) is 41.9. The Morgan fingerprint density at radius 3 is 2.50 bits per heavy atom. The average molecular weight is 196 g/mol. The molecule has 0 heterocycles. The molecular formula is C11H20N2O. The van der Waals surface area contributed by atoms with Gasteiger partial charge in [0.1, 0.15) is 0 Å². The minimum Gasteiger partial charge on any atom is -0.353 e. The Morgan fingerprint density at radius 1 is 1.29 bits per heavy atom. The van der Waals surface area contributed by atoms with Crippen LogP contribution in [0, 0.1) is 11.8 Å². The first-order valence-corrected chi connectivity index (χ1v) is 5.71. The summed E-state index contributed by atoms with van der Waals surface area (Å²) in [6.07, 6.45) is 5.24. The molecule has 1 amide bonds. The zero-order valence-electron chi connectivity index (χ0n) is 8.83. The molecular weight excluding hydrogens is 176 g/mol. The lowest BCUT2D eigenvalue weighted by molar-refractivity contribution is -0.129. The highest BCUT2D eigenvalue weighted by Crippen LogP contribution is 2.33. The molecule has 0 aromatic rings. The number of nitrogens with two attached hydrogens (primary N) is 1. The summed E-state index contributed by atoms with van der Waals surface area (Å²) in [5, 5.41) is 3.11. The minimum atomic E-state index is 0.266. The van der Waals surface area contributed by atoms with E-state index in [1.807, 2.05) is 0 Å². The lowest BCUT2D eigenvalue weighted by atomic mass is 9.75. The van der Waals surface area contributed by atoms with E-state index in [4.69, 9.17) is 5.73 Å². The number of carbonyl (C=O) groups excluding carboxylic acids is 1. The van der Waals surface area contributed by atoms with Gasteiger partial charge in [0, 0.05) is 18.0 Å². The van der Waals surface area contributed by atoms with Crippen molar-refractivity contribution >= 4 is 5.91 Å². The molecule has 2 rings (SSSR count). The van der Waals surface area contributed by atoms with E-state index in [2.05, 4.69) is 12.2 Å². The largest absolute Gasteiger partial charge is 0.353 e. The highest BCUT2D eigenvalue weighted by atomic mass is 16.2. The molecule has 2 saturated carbocycles. The second-order valence-electron chi connectivity index (χ2n) is 5.05. The first-order valence-electron chi connectivity index (χ1n) is 5.71. The molecule has 3 heteroatoms. The van der Waals surface area contributed by atoms with Gasteiger partial charge < -0.3 is 11.1 Å². The van der Waals surface area contributed by atoms with Crippen LogP contribution in [0.25, 0.3) is 0 Å². The van der Waals surface area contributed by atoms with Crippen LogP contribution >= 0.6 is 0 Å². The highest BCUT2D eigenvalue weighted by molar-refractivity contribution is 5.79. The summed E-state index contributed by atoms with van der Waals surface area (Å²) in [5.74, 6) is 1.31. The lowest BCUT2D eigenvalue weighted by Gasteiger charge is -2.32.